The van der Waals surface area contributed by atoms with Gasteiger partial charge in [-0.1, -0.05) is 0 Å². The summed E-state index contributed by atoms with van der Waals surface area (Å²) in [5.41, 5.74) is -1.28. The van der Waals surface area contributed by atoms with Gasteiger partial charge < -0.3 is 5.32 Å². The van der Waals surface area contributed by atoms with Crippen LogP contribution in [0.25, 0.3) is 11.5 Å². The van der Waals surface area contributed by atoms with Crippen molar-refractivity contribution in [1.29, 1.82) is 0 Å². The lowest BCUT2D eigenvalue weighted by atomic mass is 9.97. The first-order valence-corrected chi connectivity index (χ1v) is 10.5. The maximum absolute atomic E-state index is 14.6. The maximum atomic E-state index is 14.6. The maximum Gasteiger partial charge on any atom is 0.416 e. The molecule has 34 heavy (non-hydrogen) atoms. The highest BCUT2D eigenvalue weighted by molar-refractivity contribution is 5.95. The second-order valence-electron chi connectivity index (χ2n) is 8.26. The number of carbonyl (C=O) groups is 1. The van der Waals surface area contributed by atoms with Gasteiger partial charge in [0, 0.05) is 41.8 Å². The van der Waals surface area contributed by atoms with Gasteiger partial charge in [0.1, 0.15) is 5.69 Å². The zero-order valence-corrected chi connectivity index (χ0v) is 18.2. The molecule has 2 heterocycles. The van der Waals surface area contributed by atoms with Crippen molar-refractivity contribution in [2.75, 3.05) is 0 Å². The van der Waals surface area contributed by atoms with E-state index in [2.05, 4.69) is 25.3 Å². The molecule has 1 aromatic carbocycles. The molecule has 0 spiro atoms. The van der Waals surface area contributed by atoms with Crippen LogP contribution in [0.15, 0.2) is 43.0 Å². The fourth-order valence-corrected chi connectivity index (χ4v) is 3.50. The molecule has 2 aromatic heterocycles. The SMILES string of the molecule is Cc1cnc(-c2nccnc2C(C)NC(=O)c2cc(C(F)(F)F)cc(C(F)(F)C3CC3)c2)nc1. The molecule has 0 radical (unpaired) electrons. The molecular weight excluding hydrogens is 457 g/mol. The Morgan fingerprint density at radius 3 is 2.21 bits per heavy atom. The van der Waals surface area contributed by atoms with E-state index in [0.29, 0.717) is 12.1 Å². The summed E-state index contributed by atoms with van der Waals surface area (Å²) in [5, 5.41) is 2.53. The van der Waals surface area contributed by atoms with Crippen molar-refractivity contribution in [2.45, 2.75) is 44.8 Å². The lowest BCUT2D eigenvalue weighted by Crippen LogP contribution is -2.29. The Bertz CT molecular complexity index is 1210. The van der Waals surface area contributed by atoms with Gasteiger partial charge >= 0.3 is 6.18 Å². The molecule has 3 aromatic rings. The zero-order valence-electron chi connectivity index (χ0n) is 18.2. The van der Waals surface area contributed by atoms with Crippen LogP contribution in [0, 0.1) is 12.8 Å². The number of hydrogen-bond donors (Lipinski definition) is 1. The van der Waals surface area contributed by atoms with E-state index in [1.54, 1.807) is 26.2 Å². The number of carbonyl (C=O) groups excluding carboxylic acids is 1. The van der Waals surface area contributed by atoms with E-state index < -0.39 is 46.7 Å². The van der Waals surface area contributed by atoms with Crippen molar-refractivity contribution in [3.05, 3.63) is 70.9 Å². The van der Waals surface area contributed by atoms with Gasteiger partial charge in [-0.05, 0) is 50.5 Å². The van der Waals surface area contributed by atoms with Crippen LogP contribution < -0.4 is 5.32 Å². The number of amides is 1. The quantitative estimate of drug-likeness (QED) is 0.491. The molecule has 0 bridgehead atoms. The van der Waals surface area contributed by atoms with E-state index in [0.717, 1.165) is 11.6 Å². The summed E-state index contributed by atoms with van der Waals surface area (Å²) in [6.45, 7) is 3.35. The summed E-state index contributed by atoms with van der Waals surface area (Å²) in [4.78, 5) is 29.7. The number of aromatic nitrogens is 4. The van der Waals surface area contributed by atoms with Crippen LogP contribution in [0.4, 0.5) is 22.0 Å². The number of alkyl halides is 5. The molecular formula is C23H20F5N5O. The summed E-state index contributed by atoms with van der Waals surface area (Å²) >= 11 is 0. The normalized spacial score (nSPS) is 15.1. The molecule has 1 amide bonds. The van der Waals surface area contributed by atoms with Crippen LogP contribution in [-0.2, 0) is 12.1 Å². The Morgan fingerprint density at radius 1 is 0.971 bits per heavy atom. The predicted octanol–water partition coefficient (Wildman–Crippen LogP) is 5.25. The number of aryl methyl sites for hydroxylation is 1. The Hall–Kier alpha value is -3.50. The third-order valence-electron chi connectivity index (χ3n) is 5.47. The third-order valence-corrected chi connectivity index (χ3v) is 5.47. The van der Waals surface area contributed by atoms with E-state index in [-0.39, 0.29) is 30.1 Å². The van der Waals surface area contributed by atoms with Crippen LogP contribution in [0.1, 0.15) is 58.5 Å². The molecule has 1 unspecified atom stereocenters. The van der Waals surface area contributed by atoms with Gasteiger partial charge in [0.05, 0.1) is 17.3 Å². The summed E-state index contributed by atoms with van der Waals surface area (Å²) in [6, 6.07) is 0.961. The van der Waals surface area contributed by atoms with Crippen molar-refractivity contribution in [3.8, 4) is 11.5 Å². The topological polar surface area (TPSA) is 80.7 Å². The number of nitrogens with zero attached hydrogens (tertiary/aromatic N) is 4. The second kappa shape index (κ2) is 8.69. The number of nitrogens with one attached hydrogen (secondary N) is 1. The van der Waals surface area contributed by atoms with E-state index >= 15 is 0 Å². The fraction of sp³-hybridized carbons (Fsp3) is 0.348. The monoisotopic (exact) mass is 477 g/mol. The highest BCUT2D eigenvalue weighted by Crippen LogP contribution is 2.50. The third kappa shape index (κ3) is 4.87. The molecule has 1 atom stereocenters. The van der Waals surface area contributed by atoms with Crippen LogP contribution in [0.2, 0.25) is 0 Å². The number of hydrogen-bond acceptors (Lipinski definition) is 5. The minimum atomic E-state index is -4.89. The van der Waals surface area contributed by atoms with Gasteiger partial charge in [-0.25, -0.2) is 23.7 Å². The molecule has 0 aliphatic heterocycles. The molecule has 1 aliphatic rings. The average molecular weight is 477 g/mol. The van der Waals surface area contributed by atoms with Gasteiger partial charge in [-0.3, -0.25) is 9.78 Å². The Balaban J connectivity index is 1.65. The first-order valence-electron chi connectivity index (χ1n) is 10.5. The first-order chi connectivity index (χ1) is 16.0. The van der Waals surface area contributed by atoms with Crippen LogP contribution in [0.5, 0.6) is 0 Å². The summed E-state index contributed by atoms with van der Waals surface area (Å²) in [7, 11) is 0. The lowest BCUT2D eigenvalue weighted by molar-refractivity contribution is -0.137. The van der Waals surface area contributed by atoms with Crippen molar-refractivity contribution in [3.63, 3.8) is 0 Å². The van der Waals surface area contributed by atoms with Gasteiger partial charge in [-0.2, -0.15) is 13.2 Å². The van der Waals surface area contributed by atoms with Crippen LogP contribution in [0.3, 0.4) is 0 Å². The molecule has 1 saturated carbocycles. The van der Waals surface area contributed by atoms with Gasteiger partial charge in [0.15, 0.2) is 5.82 Å². The molecule has 1 fully saturated rings. The molecule has 1 N–H and O–H groups in total. The molecule has 0 saturated heterocycles. The van der Waals surface area contributed by atoms with Crippen molar-refractivity contribution >= 4 is 5.91 Å². The van der Waals surface area contributed by atoms with Gasteiger partial charge in [0.2, 0.25) is 0 Å². The zero-order chi connectivity index (χ0) is 24.7. The number of benzene rings is 1. The number of halogens is 5. The van der Waals surface area contributed by atoms with E-state index in [4.69, 9.17) is 0 Å². The number of rotatable bonds is 6. The molecule has 6 nitrogen and oxygen atoms in total. The molecule has 1 aliphatic carbocycles. The molecule has 178 valence electrons. The van der Waals surface area contributed by atoms with E-state index in [9.17, 15) is 26.7 Å². The van der Waals surface area contributed by atoms with Crippen molar-refractivity contribution in [2.24, 2.45) is 5.92 Å². The predicted molar refractivity (Wildman–Crippen MR) is 112 cm³/mol. The minimum absolute atomic E-state index is 0.221. The lowest BCUT2D eigenvalue weighted by Gasteiger charge is -2.20. The molecule has 4 rings (SSSR count). The van der Waals surface area contributed by atoms with Crippen molar-refractivity contribution in [1.82, 2.24) is 25.3 Å². The highest BCUT2D eigenvalue weighted by atomic mass is 19.4. The Kier molecular flexibility index (Phi) is 6.05. The standard InChI is InChI=1S/C23H20F5N5O/c1-12-10-31-20(32-11-12)19-18(29-5-6-30-19)13(2)33-21(34)14-7-16(22(24,25)15-3-4-15)9-17(8-14)23(26,27)28/h5-11,13,15H,3-4H2,1-2H3,(H,33,34). The Morgan fingerprint density at radius 2 is 1.59 bits per heavy atom. The smallest absolute Gasteiger partial charge is 0.344 e. The average Bonchev–Trinajstić information content (AvgIpc) is 3.65. The largest absolute Gasteiger partial charge is 0.416 e. The second-order valence-corrected chi connectivity index (χ2v) is 8.26. The van der Waals surface area contributed by atoms with E-state index in [1.807, 2.05) is 0 Å². The Labute approximate surface area is 191 Å². The van der Waals surface area contributed by atoms with Crippen LogP contribution >= 0.6 is 0 Å². The fourth-order valence-electron chi connectivity index (χ4n) is 3.50. The minimum Gasteiger partial charge on any atom is -0.344 e. The van der Waals surface area contributed by atoms with Gasteiger partial charge in [0.25, 0.3) is 11.8 Å². The summed E-state index contributed by atoms with van der Waals surface area (Å²) < 4.78 is 69.4. The van der Waals surface area contributed by atoms with Crippen LogP contribution in [-0.4, -0.2) is 25.8 Å². The first kappa shape index (κ1) is 23.7. The summed E-state index contributed by atoms with van der Waals surface area (Å²) in [5.74, 6) is -5.18. The van der Waals surface area contributed by atoms with E-state index in [1.165, 1.54) is 12.4 Å². The van der Waals surface area contributed by atoms with Crippen molar-refractivity contribution < 1.29 is 26.7 Å². The highest BCUT2D eigenvalue weighted by Gasteiger charge is 2.49. The van der Waals surface area contributed by atoms with Gasteiger partial charge in [-0.15, -0.1) is 0 Å². The molecule has 11 heteroatoms. The summed E-state index contributed by atoms with van der Waals surface area (Å²) in [6.07, 6.45) is 1.50.